The number of aromatic carboxylic acids is 1. The number of hydrogen-bond donors (Lipinski definition) is 1. The molecule has 2 aromatic heterocycles. The second-order valence-electron chi connectivity index (χ2n) is 4.23. The summed E-state index contributed by atoms with van der Waals surface area (Å²) in [6.07, 6.45) is 0. The van der Waals surface area contributed by atoms with Gasteiger partial charge in [0.05, 0.1) is 26.1 Å². The van der Waals surface area contributed by atoms with Crippen LogP contribution in [-0.2, 0) is 0 Å². The van der Waals surface area contributed by atoms with Crippen LogP contribution in [0.3, 0.4) is 0 Å². The molecule has 0 unspecified atom stereocenters. The molecule has 0 fully saturated rings. The molecule has 21 heavy (non-hydrogen) atoms. The van der Waals surface area contributed by atoms with E-state index >= 15 is 0 Å². The van der Waals surface area contributed by atoms with Crippen LogP contribution >= 0.6 is 46.1 Å². The predicted octanol–water partition coefficient (Wildman–Crippen LogP) is 5.62. The topological polar surface area (TPSA) is 50.2 Å². The number of hydrogen-bond acceptors (Lipinski definition) is 3. The first kappa shape index (κ1) is 14.6. The lowest BCUT2D eigenvalue weighted by molar-refractivity contribution is 0.0699. The number of rotatable bonds is 2. The van der Waals surface area contributed by atoms with Crippen LogP contribution < -0.4 is 0 Å². The Morgan fingerprint density at radius 2 is 1.95 bits per heavy atom. The molecule has 0 aliphatic rings. The van der Waals surface area contributed by atoms with Crippen molar-refractivity contribution in [3.05, 3.63) is 49.6 Å². The maximum absolute atomic E-state index is 11.5. The number of benzene rings is 1. The second-order valence-corrected chi connectivity index (χ2v) is 6.92. The molecule has 106 valence electrons. The second kappa shape index (κ2) is 5.46. The summed E-state index contributed by atoms with van der Waals surface area (Å²) in [5, 5.41) is 10.2. The highest BCUT2D eigenvalue weighted by Crippen LogP contribution is 2.39. The summed E-state index contributed by atoms with van der Waals surface area (Å²) in [5.74, 6) is -1.07. The zero-order valence-electron chi connectivity index (χ0n) is 10.2. The molecule has 0 atom stereocenters. The standard InChI is InChI=1S/C14H6Cl3NO2S/c15-8-2-1-3-9-12(8)7(14(19)20)4-10(18-9)6-5-11(16)21-13(6)17/h1-5H,(H,19,20). The number of carboxylic acid groups (broad SMARTS) is 1. The Balaban J connectivity index is 2.36. The predicted molar refractivity (Wildman–Crippen MR) is 87.0 cm³/mol. The fourth-order valence-electron chi connectivity index (χ4n) is 2.07. The molecule has 0 radical (unpaired) electrons. The Kier molecular flexibility index (Phi) is 3.80. The molecule has 0 bridgehead atoms. The van der Waals surface area contributed by atoms with Gasteiger partial charge in [-0.2, -0.15) is 0 Å². The van der Waals surface area contributed by atoms with Gasteiger partial charge >= 0.3 is 5.97 Å². The molecule has 7 heteroatoms. The van der Waals surface area contributed by atoms with Crippen LogP contribution in [0.5, 0.6) is 0 Å². The van der Waals surface area contributed by atoms with E-state index in [9.17, 15) is 9.90 Å². The third-order valence-electron chi connectivity index (χ3n) is 2.95. The van der Waals surface area contributed by atoms with Gasteiger partial charge in [0, 0.05) is 10.9 Å². The van der Waals surface area contributed by atoms with Crippen LogP contribution in [0.2, 0.25) is 13.7 Å². The van der Waals surface area contributed by atoms with E-state index in [0.717, 1.165) is 0 Å². The van der Waals surface area contributed by atoms with Gasteiger partial charge in [0.15, 0.2) is 0 Å². The average molecular weight is 359 g/mol. The minimum absolute atomic E-state index is 0.0824. The Labute approximate surface area is 138 Å². The van der Waals surface area contributed by atoms with E-state index in [0.29, 0.717) is 35.9 Å². The average Bonchev–Trinajstić information content (AvgIpc) is 2.76. The maximum atomic E-state index is 11.5. The SMILES string of the molecule is O=C(O)c1cc(-c2cc(Cl)sc2Cl)nc2cccc(Cl)c12. The van der Waals surface area contributed by atoms with Crippen LogP contribution in [0.15, 0.2) is 30.3 Å². The van der Waals surface area contributed by atoms with Crippen molar-refractivity contribution in [2.24, 2.45) is 0 Å². The minimum Gasteiger partial charge on any atom is -0.478 e. The van der Waals surface area contributed by atoms with Gasteiger partial charge in [0.2, 0.25) is 0 Å². The molecule has 2 heterocycles. The monoisotopic (exact) mass is 357 g/mol. The lowest BCUT2D eigenvalue weighted by Crippen LogP contribution is -2.00. The summed E-state index contributed by atoms with van der Waals surface area (Å²) >= 11 is 19.3. The van der Waals surface area contributed by atoms with Gasteiger partial charge in [-0.05, 0) is 24.3 Å². The number of thiophene rings is 1. The largest absolute Gasteiger partial charge is 0.478 e. The number of carbonyl (C=O) groups is 1. The Morgan fingerprint density at radius 3 is 2.57 bits per heavy atom. The maximum Gasteiger partial charge on any atom is 0.336 e. The minimum atomic E-state index is -1.07. The smallest absolute Gasteiger partial charge is 0.336 e. The van der Waals surface area contributed by atoms with Gasteiger partial charge in [-0.25, -0.2) is 9.78 Å². The molecule has 1 aromatic carbocycles. The molecule has 0 saturated heterocycles. The highest BCUT2D eigenvalue weighted by Gasteiger charge is 2.17. The molecule has 3 aromatic rings. The van der Waals surface area contributed by atoms with Crippen molar-refractivity contribution in [2.75, 3.05) is 0 Å². The normalized spacial score (nSPS) is 11.0. The van der Waals surface area contributed by atoms with Crippen LogP contribution in [0.1, 0.15) is 10.4 Å². The van der Waals surface area contributed by atoms with Crippen molar-refractivity contribution in [2.45, 2.75) is 0 Å². The van der Waals surface area contributed by atoms with Gasteiger partial charge in [-0.1, -0.05) is 40.9 Å². The van der Waals surface area contributed by atoms with E-state index in [-0.39, 0.29) is 5.56 Å². The Bertz CT molecular complexity index is 876. The Hall–Kier alpha value is -1.33. The first-order valence-electron chi connectivity index (χ1n) is 5.75. The zero-order valence-corrected chi connectivity index (χ0v) is 13.3. The number of fused-ring (bicyclic) bond motifs is 1. The molecule has 0 aliphatic heterocycles. The lowest BCUT2D eigenvalue weighted by Gasteiger charge is -2.07. The summed E-state index contributed by atoms with van der Waals surface area (Å²) in [7, 11) is 0. The van der Waals surface area contributed by atoms with Crippen molar-refractivity contribution < 1.29 is 9.90 Å². The zero-order chi connectivity index (χ0) is 15.1. The van der Waals surface area contributed by atoms with Crippen LogP contribution in [0.4, 0.5) is 0 Å². The van der Waals surface area contributed by atoms with Gasteiger partial charge < -0.3 is 5.11 Å². The third-order valence-corrected chi connectivity index (χ3v) is 4.75. The quantitative estimate of drug-likeness (QED) is 0.646. The number of aromatic nitrogens is 1. The molecule has 1 N–H and O–H groups in total. The van der Waals surface area contributed by atoms with E-state index in [1.165, 1.54) is 17.4 Å². The van der Waals surface area contributed by atoms with E-state index in [1.54, 1.807) is 24.3 Å². The van der Waals surface area contributed by atoms with Gasteiger partial charge in [-0.15, -0.1) is 11.3 Å². The summed E-state index contributed by atoms with van der Waals surface area (Å²) in [5.41, 5.74) is 1.64. The third kappa shape index (κ3) is 2.60. The number of carboxylic acids is 1. The first-order valence-corrected chi connectivity index (χ1v) is 7.70. The fourth-order valence-corrected chi connectivity index (χ4v) is 3.82. The molecule has 0 saturated carbocycles. The summed E-state index contributed by atoms with van der Waals surface area (Å²) in [4.78, 5) is 15.9. The van der Waals surface area contributed by atoms with Crippen LogP contribution in [-0.4, -0.2) is 16.1 Å². The van der Waals surface area contributed by atoms with E-state index in [1.807, 2.05) is 0 Å². The number of nitrogens with zero attached hydrogens (tertiary/aromatic N) is 1. The van der Waals surface area contributed by atoms with E-state index < -0.39 is 5.97 Å². The van der Waals surface area contributed by atoms with E-state index in [2.05, 4.69) is 4.98 Å². The van der Waals surface area contributed by atoms with Crippen molar-refractivity contribution in [3.8, 4) is 11.3 Å². The van der Waals surface area contributed by atoms with Gasteiger partial charge in [0.1, 0.15) is 4.34 Å². The molecule has 3 nitrogen and oxygen atoms in total. The number of halogens is 3. The Morgan fingerprint density at radius 1 is 1.19 bits per heavy atom. The van der Waals surface area contributed by atoms with Gasteiger partial charge in [-0.3, -0.25) is 0 Å². The fraction of sp³-hybridized carbons (Fsp3) is 0. The molecule has 0 aliphatic carbocycles. The summed E-state index contributed by atoms with van der Waals surface area (Å²) < 4.78 is 0.977. The number of pyridine rings is 1. The summed E-state index contributed by atoms with van der Waals surface area (Å²) in [6, 6.07) is 8.18. The van der Waals surface area contributed by atoms with Crippen LogP contribution in [0.25, 0.3) is 22.2 Å². The highest BCUT2D eigenvalue weighted by molar-refractivity contribution is 7.20. The molecule has 0 amide bonds. The van der Waals surface area contributed by atoms with Crippen molar-refractivity contribution >= 4 is 63.0 Å². The van der Waals surface area contributed by atoms with Gasteiger partial charge in [0.25, 0.3) is 0 Å². The molecule has 0 spiro atoms. The molecular formula is C14H6Cl3NO2S. The van der Waals surface area contributed by atoms with Crippen molar-refractivity contribution in [1.29, 1.82) is 0 Å². The highest BCUT2D eigenvalue weighted by atomic mass is 35.5. The lowest BCUT2D eigenvalue weighted by atomic mass is 10.1. The summed E-state index contributed by atoms with van der Waals surface area (Å²) in [6.45, 7) is 0. The van der Waals surface area contributed by atoms with Crippen molar-refractivity contribution in [3.63, 3.8) is 0 Å². The first-order chi connectivity index (χ1) is 9.97. The molecular weight excluding hydrogens is 353 g/mol. The van der Waals surface area contributed by atoms with E-state index in [4.69, 9.17) is 34.8 Å². The van der Waals surface area contributed by atoms with Crippen LogP contribution in [0, 0.1) is 0 Å². The molecule has 3 rings (SSSR count). The van der Waals surface area contributed by atoms with Crippen molar-refractivity contribution in [1.82, 2.24) is 4.98 Å².